The second-order valence-corrected chi connectivity index (χ2v) is 9.19. The number of morpholine rings is 1. The highest BCUT2D eigenvalue weighted by molar-refractivity contribution is 6.03. The number of aryl methyl sites for hydroxylation is 1. The van der Waals surface area contributed by atoms with Crippen LogP contribution in [0.3, 0.4) is 0 Å². The molecule has 1 aromatic carbocycles. The van der Waals surface area contributed by atoms with Crippen LogP contribution >= 0.6 is 0 Å². The van der Waals surface area contributed by atoms with Crippen molar-refractivity contribution >= 4 is 34.0 Å². The number of fused-ring (bicyclic) bond motifs is 1. The van der Waals surface area contributed by atoms with Crippen molar-refractivity contribution in [3.05, 3.63) is 47.9 Å². The molecule has 184 valence electrons. The third-order valence-electron chi connectivity index (χ3n) is 6.61. The van der Waals surface area contributed by atoms with Crippen LogP contribution in [0.25, 0.3) is 16.5 Å². The number of carbonyl (C=O) groups is 2. The lowest BCUT2D eigenvalue weighted by Gasteiger charge is -2.31. The summed E-state index contributed by atoms with van der Waals surface area (Å²) in [4.78, 5) is 34.7. The van der Waals surface area contributed by atoms with Crippen molar-refractivity contribution in [2.45, 2.75) is 19.4 Å². The summed E-state index contributed by atoms with van der Waals surface area (Å²) in [7, 11) is 3.51. The van der Waals surface area contributed by atoms with Crippen LogP contribution in [-0.4, -0.2) is 95.1 Å². The fourth-order valence-corrected chi connectivity index (χ4v) is 4.71. The lowest BCUT2D eigenvalue weighted by atomic mass is 9.98. The Morgan fingerprint density at radius 3 is 2.71 bits per heavy atom. The van der Waals surface area contributed by atoms with E-state index < -0.39 is 0 Å². The van der Waals surface area contributed by atoms with Crippen molar-refractivity contribution < 1.29 is 14.3 Å². The molecule has 0 bridgehead atoms. The van der Waals surface area contributed by atoms with Crippen LogP contribution in [0.5, 0.6) is 0 Å². The third kappa shape index (κ3) is 4.93. The molecule has 1 fully saturated rings. The molecule has 2 aromatic heterocycles. The third-order valence-corrected chi connectivity index (χ3v) is 6.61. The van der Waals surface area contributed by atoms with E-state index in [4.69, 9.17) is 4.74 Å². The number of nitrogens with one attached hydrogen (secondary N) is 1. The molecule has 0 atom stereocenters. The van der Waals surface area contributed by atoms with Crippen molar-refractivity contribution in [1.29, 1.82) is 0 Å². The van der Waals surface area contributed by atoms with Gasteiger partial charge in [-0.15, -0.1) is 5.10 Å². The highest BCUT2D eigenvalue weighted by Crippen LogP contribution is 2.34. The molecule has 1 saturated heterocycles. The number of aromatic amines is 1. The summed E-state index contributed by atoms with van der Waals surface area (Å²) in [6, 6.07) is 6.24. The SMILES string of the molecule is CN(C)C(=O)c1cc2c(N3CCOCC3)cc(C3=CCCN(C(=O)CCn4ccnn4)C3)cc2[nH]1. The second-order valence-electron chi connectivity index (χ2n) is 9.19. The molecule has 1 N–H and O–H groups in total. The van der Waals surface area contributed by atoms with Gasteiger partial charge < -0.3 is 24.4 Å². The van der Waals surface area contributed by atoms with Gasteiger partial charge >= 0.3 is 0 Å². The Bertz CT molecular complexity index is 1240. The maximum absolute atomic E-state index is 12.9. The lowest BCUT2D eigenvalue weighted by molar-refractivity contribution is -0.131. The summed E-state index contributed by atoms with van der Waals surface area (Å²) < 4.78 is 7.25. The Balaban J connectivity index is 1.43. The number of amides is 2. The monoisotopic (exact) mass is 477 g/mol. The van der Waals surface area contributed by atoms with Crippen LogP contribution in [0, 0.1) is 0 Å². The van der Waals surface area contributed by atoms with Gasteiger partial charge in [-0.25, -0.2) is 0 Å². The van der Waals surface area contributed by atoms with E-state index in [2.05, 4.69) is 38.4 Å². The summed E-state index contributed by atoms with van der Waals surface area (Å²) in [6.07, 6.45) is 6.81. The standard InChI is InChI=1S/C25H31N7O3/c1-29(2)25(34)22-16-20-21(27-22)14-19(15-23(20)30-10-12-35-13-11-30)18-4-3-7-31(17-18)24(33)5-8-32-9-6-26-28-32/h4,6,9,14-16,27H,3,5,7-8,10-13,17H2,1-2H3. The number of ether oxygens (including phenoxy) is 1. The molecule has 5 rings (SSSR count). The molecule has 3 aromatic rings. The fraction of sp³-hybridized carbons (Fsp3) is 0.440. The van der Waals surface area contributed by atoms with Gasteiger partial charge in [0.15, 0.2) is 0 Å². The maximum Gasteiger partial charge on any atom is 0.269 e. The molecular weight excluding hydrogens is 446 g/mol. The smallest absolute Gasteiger partial charge is 0.269 e. The molecule has 35 heavy (non-hydrogen) atoms. The van der Waals surface area contributed by atoms with Crippen LogP contribution in [-0.2, 0) is 16.1 Å². The number of H-pyrrole nitrogens is 1. The van der Waals surface area contributed by atoms with Gasteiger partial charge in [-0.05, 0) is 35.8 Å². The molecule has 2 amide bonds. The maximum atomic E-state index is 12.9. The number of hydrogen-bond donors (Lipinski definition) is 1. The normalized spacial score (nSPS) is 16.5. The van der Waals surface area contributed by atoms with E-state index in [0.717, 1.165) is 47.2 Å². The quantitative estimate of drug-likeness (QED) is 0.583. The Morgan fingerprint density at radius 1 is 1.14 bits per heavy atom. The van der Waals surface area contributed by atoms with Crippen LogP contribution in [0.1, 0.15) is 28.9 Å². The molecule has 0 spiro atoms. The second kappa shape index (κ2) is 9.91. The minimum Gasteiger partial charge on any atom is -0.378 e. The first kappa shape index (κ1) is 23.1. The molecule has 0 radical (unpaired) electrons. The largest absolute Gasteiger partial charge is 0.378 e. The van der Waals surface area contributed by atoms with Gasteiger partial charge in [0.2, 0.25) is 5.91 Å². The zero-order valence-electron chi connectivity index (χ0n) is 20.2. The number of carbonyl (C=O) groups excluding carboxylic acids is 2. The summed E-state index contributed by atoms with van der Waals surface area (Å²) in [5.74, 6) is 0.0519. The molecule has 2 aliphatic heterocycles. The van der Waals surface area contributed by atoms with E-state index in [1.165, 1.54) is 0 Å². The number of anilines is 1. The van der Waals surface area contributed by atoms with E-state index in [1.54, 1.807) is 36.1 Å². The first-order chi connectivity index (χ1) is 17.0. The minimum absolute atomic E-state index is 0.0586. The zero-order valence-corrected chi connectivity index (χ0v) is 20.2. The van der Waals surface area contributed by atoms with E-state index >= 15 is 0 Å². The van der Waals surface area contributed by atoms with Gasteiger partial charge in [-0.1, -0.05) is 11.3 Å². The molecule has 0 unspecified atom stereocenters. The van der Waals surface area contributed by atoms with Crippen LogP contribution < -0.4 is 4.90 Å². The minimum atomic E-state index is -0.0586. The van der Waals surface area contributed by atoms with Crippen molar-refractivity contribution in [2.75, 3.05) is 58.4 Å². The van der Waals surface area contributed by atoms with Gasteiger partial charge in [0.05, 0.1) is 26.0 Å². The number of rotatable bonds is 6. The fourth-order valence-electron chi connectivity index (χ4n) is 4.71. The van der Waals surface area contributed by atoms with Gasteiger partial charge in [0, 0.05) is 69.5 Å². The average Bonchev–Trinajstić information content (AvgIpc) is 3.56. The van der Waals surface area contributed by atoms with E-state index in [-0.39, 0.29) is 11.8 Å². The molecule has 4 heterocycles. The first-order valence-corrected chi connectivity index (χ1v) is 12.0. The van der Waals surface area contributed by atoms with Gasteiger partial charge in [0.1, 0.15) is 5.69 Å². The predicted octanol–water partition coefficient (Wildman–Crippen LogP) is 2.00. The number of nitrogens with zero attached hydrogens (tertiary/aromatic N) is 6. The average molecular weight is 478 g/mol. The van der Waals surface area contributed by atoms with Crippen LogP contribution in [0.15, 0.2) is 36.7 Å². The van der Waals surface area contributed by atoms with Crippen LogP contribution in [0.4, 0.5) is 5.69 Å². The van der Waals surface area contributed by atoms with Gasteiger partial charge in [0.25, 0.3) is 5.91 Å². The number of hydrogen-bond acceptors (Lipinski definition) is 6. The van der Waals surface area contributed by atoms with Crippen molar-refractivity contribution in [3.8, 4) is 0 Å². The summed E-state index contributed by atoms with van der Waals surface area (Å²) >= 11 is 0. The van der Waals surface area contributed by atoms with Gasteiger partial charge in [-0.2, -0.15) is 0 Å². The molecule has 10 nitrogen and oxygen atoms in total. The highest BCUT2D eigenvalue weighted by Gasteiger charge is 2.23. The Labute approximate surface area is 204 Å². The van der Waals surface area contributed by atoms with E-state index in [9.17, 15) is 9.59 Å². The number of aromatic nitrogens is 4. The lowest BCUT2D eigenvalue weighted by Crippen LogP contribution is -2.37. The molecule has 10 heteroatoms. The molecule has 0 saturated carbocycles. The van der Waals surface area contributed by atoms with E-state index in [1.807, 2.05) is 11.0 Å². The van der Waals surface area contributed by atoms with Crippen LogP contribution in [0.2, 0.25) is 0 Å². The molecule has 2 aliphatic rings. The zero-order chi connectivity index (χ0) is 24.4. The summed E-state index contributed by atoms with van der Waals surface area (Å²) in [6.45, 7) is 4.75. The highest BCUT2D eigenvalue weighted by atomic mass is 16.5. The topological polar surface area (TPSA) is 99.6 Å². The van der Waals surface area contributed by atoms with Gasteiger partial charge in [-0.3, -0.25) is 14.3 Å². The summed E-state index contributed by atoms with van der Waals surface area (Å²) in [5.41, 5.74) is 4.77. The van der Waals surface area contributed by atoms with Crippen molar-refractivity contribution in [2.24, 2.45) is 0 Å². The first-order valence-electron chi connectivity index (χ1n) is 12.0. The Morgan fingerprint density at radius 2 is 1.97 bits per heavy atom. The Hall–Kier alpha value is -3.66. The summed E-state index contributed by atoms with van der Waals surface area (Å²) in [5, 5.41) is 8.77. The number of benzene rings is 1. The molecular formula is C25H31N7O3. The molecule has 0 aliphatic carbocycles. The Kier molecular flexibility index (Phi) is 6.54. The van der Waals surface area contributed by atoms with Crippen molar-refractivity contribution in [1.82, 2.24) is 29.8 Å². The van der Waals surface area contributed by atoms with Crippen molar-refractivity contribution in [3.63, 3.8) is 0 Å². The van der Waals surface area contributed by atoms with E-state index in [0.29, 0.717) is 45.0 Å². The predicted molar refractivity (Wildman–Crippen MR) is 133 cm³/mol.